The lowest BCUT2D eigenvalue weighted by Crippen LogP contribution is -2.49. The number of aromatic nitrogens is 4. The van der Waals surface area contributed by atoms with Crippen LogP contribution in [0.25, 0.3) is 10.4 Å². The first kappa shape index (κ1) is 28.4. The summed E-state index contributed by atoms with van der Waals surface area (Å²) in [5.41, 5.74) is 5.79. The van der Waals surface area contributed by atoms with E-state index in [0.717, 1.165) is 53.3 Å². The molecule has 4 heterocycles. The largest absolute Gasteiger partial charge is 0.391 e. The fraction of sp³-hybridized carbons (Fsp3) is 0.552. The molecular weight excluding hydrogens is 526 g/mol. The summed E-state index contributed by atoms with van der Waals surface area (Å²) >= 11 is 1.60. The van der Waals surface area contributed by atoms with Crippen LogP contribution in [0.15, 0.2) is 36.0 Å². The van der Waals surface area contributed by atoms with E-state index in [4.69, 9.17) is 0 Å². The summed E-state index contributed by atoms with van der Waals surface area (Å²) in [6.45, 7) is 9.86. The minimum absolute atomic E-state index is 0.0730. The van der Waals surface area contributed by atoms with Crippen LogP contribution in [0.2, 0.25) is 0 Å². The molecule has 2 aliphatic heterocycles. The van der Waals surface area contributed by atoms with Crippen LogP contribution in [0.5, 0.6) is 0 Å². The lowest BCUT2D eigenvalue weighted by molar-refractivity contribution is -0.142. The predicted molar refractivity (Wildman–Crippen MR) is 154 cm³/mol. The molecule has 214 valence electrons. The standard InChI is InChI=1S/C29H39N7O3S/c1-17(2)26(36-15-24(33-34-36)21-9-11-30-12-10-21)29(39)35-14-23(37)13-25(35)28(38)32-18(3)20-5-7-22(8-6-20)27-19(4)31-16-40-27/h5-8,15-18,21,23,25-26,30,37H,9-14H2,1-4H3,(H,32,38)/t18-,23+,25-,26-/m0/s1. The maximum Gasteiger partial charge on any atom is 0.248 e. The van der Waals surface area contributed by atoms with Crippen LogP contribution in [-0.2, 0) is 9.59 Å². The highest BCUT2D eigenvalue weighted by molar-refractivity contribution is 7.13. The fourth-order valence-corrected chi connectivity index (χ4v) is 6.62. The molecule has 0 radical (unpaired) electrons. The second-order valence-corrected chi connectivity index (χ2v) is 12.2. The summed E-state index contributed by atoms with van der Waals surface area (Å²) in [5.74, 6) is -0.232. The molecule has 0 saturated carbocycles. The molecule has 5 rings (SSSR count). The van der Waals surface area contributed by atoms with Gasteiger partial charge in [-0.3, -0.25) is 9.59 Å². The number of aliphatic hydroxyl groups excluding tert-OH is 1. The van der Waals surface area contributed by atoms with Gasteiger partial charge in [0, 0.05) is 25.1 Å². The third-order valence-electron chi connectivity index (χ3n) is 8.10. The summed E-state index contributed by atoms with van der Waals surface area (Å²) in [5, 5.41) is 25.7. The average molecular weight is 566 g/mol. The van der Waals surface area contributed by atoms with Gasteiger partial charge in [0.2, 0.25) is 11.8 Å². The first-order chi connectivity index (χ1) is 19.2. The van der Waals surface area contributed by atoms with Gasteiger partial charge in [-0.2, -0.15) is 0 Å². The number of benzene rings is 1. The third kappa shape index (κ3) is 5.96. The molecule has 1 aromatic carbocycles. The van der Waals surface area contributed by atoms with Gasteiger partial charge in [0.15, 0.2) is 0 Å². The topological polar surface area (TPSA) is 125 Å². The summed E-state index contributed by atoms with van der Waals surface area (Å²) in [4.78, 5) is 34.3. The Hall–Kier alpha value is -3.15. The van der Waals surface area contributed by atoms with Crippen molar-refractivity contribution in [3.8, 4) is 10.4 Å². The number of aliphatic hydroxyl groups is 1. The highest BCUT2D eigenvalue weighted by atomic mass is 32.1. The lowest BCUT2D eigenvalue weighted by Gasteiger charge is -2.30. The van der Waals surface area contributed by atoms with Gasteiger partial charge in [-0.05, 0) is 56.8 Å². The Balaban J connectivity index is 1.28. The number of carbonyl (C=O) groups excluding carboxylic acids is 2. The number of likely N-dealkylation sites (tertiary alicyclic amines) is 1. The number of carbonyl (C=O) groups is 2. The van der Waals surface area contributed by atoms with Crippen LogP contribution in [0, 0.1) is 12.8 Å². The van der Waals surface area contributed by atoms with Crippen LogP contribution < -0.4 is 10.6 Å². The number of nitrogens with one attached hydrogen (secondary N) is 2. The van der Waals surface area contributed by atoms with Crippen molar-refractivity contribution in [2.24, 2.45) is 5.92 Å². The van der Waals surface area contributed by atoms with Crippen molar-refractivity contribution >= 4 is 23.2 Å². The molecule has 11 heteroatoms. The Labute approximate surface area is 239 Å². The summed E-state index contributed by atoms with van der Waals surface area (Å²) in [6, 6.07) is 6.47. The molecule has 4 atom stereocenters. The Bertz CT molecular complexity index is 1320. The Kier molecular flexibility index (Phi) is 8.62. The van der Waals surface area contributed by atoms with Crippen molar-refractivity contribution in [3.05, 3.63) is 52.9 Å². The predicted octanol–water partition coefficient (Wildman–Crippen LogP) is 3.21. The second kappa shape index (κ2) is 12.2. The number of hydrogen-bond donors (Lipinski definition) is 3. The molecule has 2 aromatic heterocycles. The summed E-state index contributed by atoms with van der Waals surface area (Å²) in [6.07, 6.45) is 3.32. The quantitative estimate of drug-likeness (QED) is 0.383. The number of amides is 2. The van der Waals surface area contributed by atoms with Gasteiger partial charge in [0.1, 0.15) is 12.1 Å². The van der Waals surface area contributed by atoms with Crippen molar-refractivity contribution in [2.45, 2.75) is 77.1 Å². The molecule has 3 N–H and O–H groups in total. The molecule has 2 saturated heterocycles. The van der Waals surface area contributed by atoms with E-state index in [1.54, 1.807) is 16.0 Å². The lowest BCUT2D eigenvalue weighted by atomic mass is 9.95. The fourth-order valence-electron chi connectivity index (χ4n) is 5.81. The normalized spacial score (nSPS) is 21.5. The van der Waals surface area contributed by atoms with Crippen molar-refractivity contribution in [1.82, 2.24) is 35.5 Å². The van der Waals surface area contributed by atoms with Crippen molar-refractivity contribution in [1.29, 1.82) is 0 Å². The zero-order chi connectivity index (χ0) is 28.4. The number of piperidine rings is 1. The van der Waals surface area contributed by atoms with Gasteiger partial charge in [0.05, 0.1) is 33.9 Å². The van der Waals surface area contributed by atoms with Crippen LogP contribution in [-0.4, -0.2) is 73.6 Å². The molecule has 3 aromatic rings. The molecule has 2 amide bonds. The molecule has 0 unspecified atom stereocenters. The molecule has 0 aliphatic carbocycles. The van der Waals surface area contributed by atoms with Crippen molar-refractivity contribution in [3.63, 3.8) is 0 Å². The molecule has 10 nitrogen and oxygen atoms in total. The van der Waals surface area contributed by atoms with Gasteiger partial charge in [0.25, 0.3) is 0 Å². The molecule has 0 bridgehead atoms. The average Bonchev–Trinajstić information content (AvgIpc) is 3.69. The number of nitrogens with zero attached hydrogens (tertiary/aromatic N) is 5. The highest BCUT2D eigenvalue weighted by Gasteiger charge is 2.43. The molecule has 2 aliphatic rings. The van der Waals surface area contributed by atoms with Crippen molar-refractivity contribution < 1.29 is 14.7 Å². The van der Waals surface area contributed by atoms with Crippen molar-refractivity contribution in [2.75, 3.05) is 19.6 Å². The monoisotopic (exact) mass is 565 g/mol. The Morgan fingerprint density at radius 3 is 2.52 bits per heavy atom. The van der Waals surface area contributed by atoms with Crippen LogP contribution in [0.1, 0.15) is 75.0 Å². The Morgan fingerprint density at radius 2 is 1.88 bits per heavy atom. The van der Waals surface area contributed by atoms with Gasteiger partial charge < -0.3 is 20.6 Å². The summed E-state index contributed by atoms with van der Waals surface area (Å²) in [7, 11) is 0. The van der Waals surface area contributed by atoms with Gasteiger partial charge in [-0.15, -0.1) is 16.4 Å². The molecule has 40 heavy (non-hydrogen) atoms. The number of thiazole rings is 1. The van der Waals surface area contributed by atoms with E-state index in [1.807, 2.05) is 63.7 Å². The number of hydrogen-bond acceptors (Lipinski definition) is 8. The van der Waals surface area contributed by atoms with E-state index in [1.165, 1.54) is 4.90 Å². The Morgan fingerprint density at radius 1 is 1.15 bits per heavy atom. The maximum absolute atomic E-state index is 13.9. The van der Waals surface area contributed by atoms with E-state index < -0.39 is 18.2 Å². The first-order valence-corrected chi connectivity index (χ1v) is 15.0. The second-order valence-electron chi connectivity index (χ2n) is 11.4. The van der Waals surface area contributed by atoms with Gasteiger partial charge in [-0.1, -0.05) is 43.3 Å². The van der Waals surface area contributed by atoms with Crippen LogP contribution >= 0.6 is 11.3 Å². The molecular formula is C29H39N7O3S. The van der Waals surface area contributed by atoms with Gasteiger partial charge >= 0.3 is 0 Å². The van der Waals surface area contributed by atoms with E-state index in [2.05, 4.69) is 25.9 Å². The zero-order valence-electron chi connectivity index (χ0n) is 23.6. The van der Waals surface area contributed by atoms with E-state index >= 15 is 0 Å². The third-order valence-corrected chi connectivity index (χ3v) is 9.07. The molecule has 0 spiro atoms. The number of β-amino-alcohol motifs (C(OH)–C–C–N with tert-alkyl or cyclic N) is 1. The summed E-state index contributed by atoms with van der Waals surface area (Å²) < 4.78 is 1.65. The molecule has 2 fully saturated rings. The maximum atomic E-state index is 13.9. The van der Waals surface area contributed by atoms with Crippen LogP contribution in [0.4, 0.5) is 0 Å². The first-order valence-electron chi connectivity index (χ1n) is 14.1. The van der Waals surface area contributed by atoms with Crippen LogP contribution in [0.3, 0.4) is 0 Å². The minimum Gasteiger partial charge on any atom is -0.391 e. The minimum atomic E-state index is -0.759. The van der Waals surface area contributed by atoms with E-state index in [-0.39, 0.29) is 36.7 Å². The highest BCUT2D eigenvalue weighted by Crippen LogP contribution is 2.30. The van der Waals surface area contributed by atoms with E-state index in [9.17, 15) is 14.7 Å². The number of rotatable bonds is 8. The van der Waals surface area contributed by atoms with Gasteiger partial charge in [-0.25, -0.2) is 9.67 Å². The van der Waals surface area contributed by atoms with E-state index in [0.29, 0.717) is 5.92 Å². The SMILES string of the molecule is Cc1ncsc1-c1ccc([C@H](C)NC(=O)[C@@H]2C[C@@H](O)CN2C(=O)[C@H](C(C)C)n2cc(C3CCNCC3)nn2)cc1. The smallest absolute Gasteiger partial charge is 0.248 e. The zero-order valence-corrected chi connectivity index (χ0v) is 24.4. The number of aryl methyl sites for hydroxylation is 1.